The molecule has 0 radical (unpaired) electrons. The monoisotopic (exact) mass is 248 g/mol. The molecule has 18 heavy (non-hydrogen) atoms. The van der Waals surface area contributed by atoms with Crippen molar-refractivity contribution in [3.05, 3.63) is 18.5 Å². The van der Waals surface area contributed by atoms with Gasteiger partial charge in [-0.05, 0) is 19.0 Å². The van der Waals surface area contributed by atoms with Gasteiger partial charge in [-0.15, -0.1) is 0 Å². The molecule has 4 nitrogen and oxygen atoms in total. The quantitative estimate of drug-likeness (QED) is 0.864. The van der Waals surface area contributed by atoms with Crippen LogP contribution >= 0.6 is 0 Å². The maximum absolute atomic E-state index is 4.33. The number of piperazine rings is 1. The average Bonchev–Trinajstić information content (AvgIpc) is 2.45. The molecule has 1 saturated heterocycles. The molecule has 1 aromatic rings. The zero-order chi connectivity index (χ0) is 12.8. The molecular weight excluding hydrogens is 224 g/mol. The first-order chi connectivity index (χ1) is 8.83. The molecule has 0 spiro atoms. The van der Waals surface area contributed by atoms with Crippen molar-refractivity contribution in [3.8, 4) is 0 Å². The molecule has 0 bridgehead atoms. The van der Waals surface area contributed by atoms with E-state index < -0.39 is 0 Å². The molecule has 1 aromatic heterocycles. The fourth-order valence-corrected chi connectivity index (χ4v) is 2.29. The number of aromatic nitrogens is 1. The van der Waals surface area contributed by atoms with E-state index in [1.54, 1.807) is 0 Å². The Morgan fingerprint density at radius 2 is 1.94 bits per heavy atom. The van der Waals surface area contributed by atoms with Crippen LogP contribution in [0.25, 0.3) is 0 Å². The van der Waals surface area contributed by atoms with Gasteiger partial charge in [-0.1, -0.05) is 13.8 Å². The van der Waals surface area contributed by atoms with Gasteiger partial charge in [0.1, 0.15) is 0 Å². The largest absolute Gasteiger partial charge is 0.384 e. The third-order valence-electron chi connectivity index (χ3n) is 3.49. The van der Waals surface area contributed by atoms with E-state index >= 15 is 0 Å². The molecule has 1 fully saturated rings. The Kier molecular flexibility index (Phi) is 4.81. The zero-order valence-corrected chi connectivity index (χ0v) is 11.5. The van der Waals surface area contributed by atoms with Crippen molar-refractivity contribution in [2.24, 2.45) is 0 Å². The van der Waals surface area contributed by atoms with Crippen molar-refractivity contribution in [2.75, 3.05) is 49.5 Å². The van der Waals surface area contributed by atoms with E-state index in [1.807, 2.05) is 12.4 Å². The van der Waals surface area contributed by atoms with Crippen molar-refractivity contribution in [1.82, 2.24) is 9.88 Å². The molecule has 1 aliphatic heterocycles. The molecule has 0 saturated carbocycles. The minimum Gasteiger partial charge on any atom is -0.384 e. The van der Waals surface area contributed by atoms with Gasteiger partial charge in [0.2, 0.25) is 0 Å². The van der Waals surface area contributed by atoms with Crippen LogP contribution < -0.4 is 10.2 Å². The number of rotatable bonds is 5. The molecule has 0 aliphatic carbocycles. The van der Waals surface area contributed by atoms with Crippen LogP contribution in [0.5, 0.6) is 0 Å². The summed E-state index contributed by atoms with van der Waals surface area (Å²) in [6.07, 6.45) is 5.01. The second kappa shape index (κ2) is 6.59. The number of hydrogen-bond donors (Lipinski definition) is 1. The number of pyridine rings is 1. The number of hydrogen-bond acceptors (Lipinski definition) is 4. The number of likely N-dealkylation sites (N-methyl/N-ethyl adjacent to an activating group) is 1. The van der Waals surface area contributed by atoms with Gasteiger partial charge >= 0.3 is 0 Å². The highest BCUT2D eigenvalue weighted by Crippen LogP contribution is 2.19. The maximum atomic E-state index is 4.33. The minimum atomic E-state index is 1.01. The molecule has 0 unspecified atom stereocenters. The summed E-state index contributed by atoms with van der Waals surface area (Å²) in [5.41, 5.74) is 2.37. The molecule has 2 heterocycles. The number of anilines is 2. The summed E-state index contributed by atoms with van der Waals surface area (Å²) in [7, 11) is 0. The normalized spacial score (nSPS) is 16.9. The third kappa shape index (κ3) is 3.35. The second-order valence-electron chi connectivity index (χ2n) is 4.78. The molecule has 1 aliphatic rings. The highest BCUT2D eigenvalue weighted by atomic mass is 15.3. The SMILES string of the molecule is CCCNc1cncc(N2CCN(CC)CC2)c1. The molecule has 2 rings (SSSR count). The van der Waals surface area contributed by atoms with E-state index in [9.17, 15) is 0 Å². The van der Waals surface area contributed by atoms with E-state index in [-0.39, 0.29) is 0 Å². The number of nitrogens with zero attached hydrogens (tertiary/aromatic N) is 3. The predicted molar refractivity (Wildman–Crippen MR) is 77.3 cm³/mol. The smallest absolute Gasteiger partial charge is 0.0574 e. The molecular formula is C14H24N4. The Labute approximate surface area is 110 Å². The topological polar surface area (TPSA) is 31.4 Å². The lowest BCUT2D eigenvalue weighted by Gasteiger charge is -2.35. The summed E-state index contributed by atoms with van der Waals surface area (Å²) in [6.45, 7) is 11.1. The van der Waals surface area contributed by atoms with Gasteiger partial charge in [0.05, 0.1) is 23.8 Å². The summed E-state index contributed by atoms with van der Waals surface area (Å²) in [5.74, 6) is 0. The van der Waals surface area contributed by atoms with Gasteiger partial charge in [-0.25, -0.2) is 0 Å². The van der Waals surface area contributed by atoms with Crippen LogP contribution in [0.4, 0.5) is 11.4 Å². The van der Waals surface area contributed by atoms with Gasteiger partial charge in [0.25, 0.3) is 0 Å². The van der Waals surface area contributed by atoms with Gasteiger partial charge in [-0.3, -0.25) is 4.98 Å². The van der Waals surface area contributed by atoms with Crippen LogP contribution in [0, 0.1) is 0 Å². The summed E-state index contributed by atoms with van der Waals surface area (Å²) < 4.78 is 0. The predicted octanol–water partition coefficient (Wildman–Crippen LogP) is 2.05. The molecule has 1 N–H and O–H groups in total. The van der Waals surface area contributed by atoms with Crippen LogP contribution in [-0.2, 0) is 0 Å². The minimum absolute atomic E-state index is 1.01. The Morgan fingerprint density at radius 1 is 1.17 bits per heavy atom. The Hall–Kier alpha value is -1.29. The number of nitrogens with one attached hydrogen (secondary N) is 1. The maximum Gasteiger partial charge on any atom is 0.0574 e. The lowest BCUT2D eigenvalue weighted by atomic mass is 10.2. The standard InChI is InChI=1S/C14H24N4/c1-3-5-16-13-10-14(12-15-11-13)18-8-6-17(4-2)7-9-18/h10-12,16H,3-9H2,1-2H3. The lowest BCUT2D eigenvalue weighted by Crippen LogP contribution is -2.46. The Balaban J connectivity index is 1.96. The lowest BCUT2D eigenvalue weighted by molar-refractivity contribution is 0.271. The fourth-order valence-electron chi connectivity index (χ4n) is 2.29. The van der Waals surface area contributed by atoms with Crippen molar-refractivity contribution in [1.29, 1.82) is 0 Å². The van der Waals surface area contributed by atoms with Gasteiger partial charge in [0, 0.05) is 32.7 Å². The third-order valence-corrected chi connectivity index (χ3v) is 3.49. The van der Waals surface area contributed by atoms with Gasteiger partial charge in [0.15, 0.2) is 0 Å². The van der Waals surface area contributed by atoms with Gasteiger partial charge < -0.3 is 15.1 Å². The van der Waals surface area contributed by atoms with Crippen LogP contribution in [0.15, 0.2) is 18.5 Å². The van der Waals surface area contributed by atoms with Crippen LogP contribution in [0.2, 0.25) is 0 Å². The summed E-state index contributed by atoms with van der Waals surface area (Å²) in [5, 5.41) is 3.39. The van der Waals surface area contributed by atoms with Crippen LogP contribution in [-0.4, -0.2) is 49.2 Å². The van der Waals surface area contributed by atoms with Crippen LogP contribution in [0.1, 0.15) is 20.3 Å². The first kappa shape index (κ1) is 13.1. The second-order valence-corrected chi connectivity index (χ2v) is 4.78. The van der Waals surface area contributed by atoms with E-state index in [2.05, 4.69) is 40.0 Å². The van der Waals surface area contributed by atoms with Crippen molar-refractivity contribution < 1.29 is 0 Å². The molecule has 0 amide bonds. The molecule has 0 atom stereocenters. The fraction of sp³-hybridized carbons (Fsp3) is 0.643. The van der Waals surface area contributed by atoms with E-state index in [0.29, 0.717) is 0 Å². The summed E-state index contributed by atoms with van der Waals surface area (Å²) >= 11 is 0. The molecule has 4 heteroatoms. The summed E-state index contributed by atoms with van der Waals surface area (Å²) in [4.78, 5) is 9.25. The van der Waals surface area contributed by atoms with Crippen molar-refractivity contribution in [3.63, 3.8) is 0 Å². The Bertz CT molecular complexity index is 359. The van der Waals surface area contributed by atoms with Crippen molar-refractivity contribution in [2.45, 2.75) is 20.3 Å². The molecule has 100 valence electrons. The molecule has 0 aromatic carbocycles. The first-order valence-electron chi connectivity index (χ1n) is 6.99. The van der Waals surface area contributed by atoms with Crippen LogP contribution in [0.3, 0.4) is 0 Å². The van der Waals surface area contributed by atoms with E-state index in [1.165, 1.54) is 5.69 Å². The Morgan fingerprint density at radius 3 is 2.61 bits per heavy atom. The average molecular weight is 248 g/mol. The van der Waals surface area contributed by atoms with E-state index in [0.717, 1.165) is 51.4 Å². The zero-order valence-electron chi connectivity index (χ0n) is 11.5. The van der Waals surface area contributed by atoms with E-state index in [4.69, 9.17) is 0 Å². The highest BCUT2D eigenvalue weighted by Gasteiger charge is 2.16. The highest BCUT2D eigenvalue weighted by molar-refractivity contribution is 5.55. The van der Waals surface area contributed by atoms with Crippen molar-refractivity contribution >= 4 is 11.4 Å². The van der Waals surface area contributed by atoms with Gasteiger partial charge in [-0.2, -0.15) is 0 Å². The summed E-state index contributed by atoms with van der Waals surface area (Å²) in [6, 6.07) is 2.21. The first-order valence-corrected chi connectivity index (χ1v) is 6.99.